The summed E-state index contributed by atoms with van der Waals surface area (Å²) in [5, 5.41) is 27.4. The number of nitrogens with zero attached hydrogens (tertiary/aromatic N) is 5. The van der Waals surface area contributed by atoms with Crippen molar-refractivity contribution in [2.45, 2.75) is 49.6 Å². The van der Waals surface area contributed by atoms with Crippen LogP contribution in [0.15, 0.2) is 58.9 Å². The van der Waals surface area contributed by atoms with Crippen LogP contribution in [-0.4, -0.2) is 60.2 Å². The van der Waals surface area contributed by atoms with Crippen LogP contribution in [0.25, 0.3) is 21.7 Å². The Bertz CT molecular complexity index is 1890. The summed E-state index contributed by atoms with van der Waals surface area (Å²) in [5.41, 5.74) is 9.23. The monoisotopic (exact) mass is 751 g/mol. The molecule has 3 N–H and O–H groups in total. The molecule has 0 saturated carbocycles. The molecule has 1 aliphatic heterocycles. The number of thiazole rings is 1. The molecule has 2 atom stereocenters. The van der Waals surface area contributed by atoms with E-state index in [1.807, 2.05) is 29.6 Å². The van der Waals surface area contributed by atoms with Crippen LogP contribution in [0.3, 0.4) is 0 Å². The summed E-state index contributed by atoms with van der Waals surface area (Å²) in [5.74, 6) is 0.530. The van der Waals surface area contributed by atoms with Gasteiger partial charge in [0.2, 0.25) is 5.91 Å². The number of nitrogens with two attached hydrogens (primary N) is 1. The van der Waals surface area contributed by atoms with Crippen molar-refractivity contribution in [2.24, 2.45) is 5.73 Å². The van der Waals surface area contributed by atoms with Gasteiger partial charge in [0.05, 0.1) is 17.3 Å². The van der Waals surface area contributed by atoms with Gasteiger partial charge < -0.3 is 25.4 Å². The minimum absolute atomic E-state index is 0. The minimum Gasteiger partial charge on any atom is -0.490 e. The van der Waals surface area contributed by atoms with Gasteiger partial charge in [0, 0.05) is 40.4 Å². The number of nitrogens with one attached hydrogen (secondary N) is 1. The number of thioether (sulfide) groups is 1. The smallest absolute Gasteiger partial charge is 0.328 e. The zero-order chi connectivity index (χ0) is 34.9. The molecular formula is C35H35Cl2N7O4S2. The van der Waals surface area contributed by atoms with Gasteiger partial charge in [0.15, 0.2) is 0 Å². The molecule has 2 aromatic heterocycles. The fourth-order valence-corrected chi connectivity index (χ4v) is 7.03. The quantitative estimate of drug-likeness (QED) is 0.0887. The van der Waals surface area contributed by atoms with E-state index in [4.69, 9.17) is 36.8 Å². The first-order valence-corrected chi connectivity index (χ1v) is 17.8. The average Bonchev–Trinajstić information content (AvgIpc) is 3.82. The molecular weight excluding hydrogens is 717 g/mol. The summed E-state index contributed by atoms with van der Waals surface area (Å²) >= 11 is 9.00. The second-order valence-corrected chi connectivity index (χ2v) is 13.5. The van der Waals surface area contributed by atoms with Crippen molar-refractivity contribution in [2.75, 3.05) is 31.2 Å². The first kappa shape index (κ1) is 38.4. The van der Waals surface area contributed by atoms with Crippen molar-refractivity contribution < 1.29 is 19.1 Å². The summed E-state index contributed by atoms with van der Waals surface area (Å²) < 4.78 is 11.0. The lowest BCUT2D eigenvalue weighted by molar-refractivity contribution is -0.148. The topological polar surface area (TPSA) is 167 Å². The maximum atomic E-state index is 12.2. The number of pyridine rings is 1. The number of hydrogen-bond acceptors (Lipinski definition) is 12. The third kappa shape index (κ3) is 9.44. The van der Waals surface area contributed by atoms with Crippen molar-refractivity contribution in [1.29, 1.82) is 10.5 Å². The van der Waals surface area contributed by atoms with Crippen LogP contribution < -0.4 is 20.7 Å². The Hall–Kier alpha value is -4.37. The van der Waals surface area contributed by atoms with Crippen LogP contribution >= 0.6 is 47.1 Å². The fraction of sp³-hybridized carbons (Fsp3) is 0.314. The van der Waals surface area contributed by atoms with Gasteiger partial charge in [-0.3, -0.25) is 4.79 Å². The molecule has 15 heteroatoms. The molecule has 2 aromatic carbocycles. The van der Waals surface area contributed by atoms with Gasteiger partial charge >= 0.3 is 5.97 Å². The normalized spacial score (nSPS) is 13.4. The van der Waals surface area contributed by atoms with Crippen molar-refractivity contribution >= 4 is 64.8 Å². The van der Waals surface area contributed by atoms with E-state index in [0.29, 0.717) is 49.6 Å². The minimum atomic E-state index is -0.844. The van der Waals surface area contributed by atoms with Gasteiger partial charge in [-0.15, -0.1) is 23.7 Å². The van der Waals surface area contributed by atoms with E-state index in [2.05, 4.69) is 22.4 Å². The van der Waals surface area contributed by atoms with E-state index < -0.39 is 24.0 Å². The van der Waals surface area contributed by atoms with Crippen LogP contribution in [0.5, 0.6) is 5.75 Å². The molecule has 1 saturated heterocycles. The van der Waals surface area contributed by atoms with E-state index >= 15 is 0 Å². The molecule has 11 nitrogen and oxygen atoms in total. The van der Waals surface area contributed by atoms with Gasteiger partial charge in [-0.2, -0.15) is 10.5 Å². The molecule has 260 valence electrons. The lowest BCUT2D eigenvalue weighted by atomic mass is 9.96. The van der Waals surface area contributed by atoms with Gasteiger partial charge in [-0.05, 0) is 56.5 Å². The first-order valence-electron chi connectivity index (χ1n) is 15.6. The maximum absolute atomic E-state index is 12.2. The van der Waals surface area contributed by atoms with Crippen LogP contribution in [0.4, 0.5) is 5.82 Å². The van der Waals surface area contributed by atoms with Crippen LogP contribution in [0.1, 0.15) is 43.5 Å². The highest BCUT2D eigenvalue weighted by molar-refractivity contribution is 7.98. The number of carbonyl (C=O) groups is 2. The van der Waals surface area contributed by atoms with Crippen molar-refractivity contribution in [3.63, 3.8) is 0 Å². The summed E-state index contributed by atoms with van der Waals surface area (Å²) in [6.45, 7) is 4.66. The Labute approximate surface area is 310 Å². The fourth-order valence-electron chi connectivity index (χ4n) is 5.10. The van der Waals surface area contributed by atoms with E-state index in [1.54, 1.807) is 24.3 Å². The number of esters is 1. The van der Waals surface area contributed by atoms with Crippen molar-refractivity contribution in [3.8, 4) is 39.6 Å². The molecule has 1 amide bonds. The Kier molecular flexibility index (Phi) is 13.9. The number of carbonyl (C=O) groups excluding carboxylic acids is 2. The average molecular weight is 753 g/mol. The van der Waals surface area contributed by atoms with Gasteiger partial charge in [-0.25, -0.2) is 14.8 Å². The largest absolute Gasteiger partial charge is 0.490 e. The number of hydrogen-bond donors (Lipinski definition) is 2. The van der Waals surface area contributed by atoms with Crippen molar-refractivity contribution in [3.05, 3.63) is 75.8 Å². The summed E-state index contributed by atoms with van der Waals surface area (Å²) in [6.07, 6.45) is 2.00. The second kappa shape index (κ2) is 18.0. The van der Waals surface area contributed by atoms with Crippen LogP contribution in [0.2, 0.25) is 5.02 Å². The maximum Gasteiger partial charge on any atom is 0.328 e. The van der Waals surface area contributed by atoms with Crippen LogP contribution in [-0.2, 0) is 20.1 Å². The summed E-state index contributed by atoms with van der Waals surface area (Å²) in [7, 11) is 0. The third-order valence-electron chi connectivity index (χ3n) is 7.64. The highest BCUT2D eigenvalue weighted by Crippen LogP contribution is 2.40. The highest BCUT2D eigenvalue weighted by Gasteiger charge is 2.26. The SMILES string of the molecule is CC(N)C(=O)NC(C)C(=O)OCCOc1ccc(-c2c(C#N)c(SCc3csc(-c4ccc(Cl)cc4)n3)nc(N3CCCC3)c2C#N)cc1.Cl. The molecule has 0 bridgehead atoms. The van der Waals surface area contributed by atoms with E-state index in [9.17, 15) is 20.1 Å². The Balaban J connectivity index is 0.00000562. The zero-order valence-corrected chi connectivity index (χ0v) is 30.6. The standard InChI is InChI=1S/C35H34ClN7O4S2.ClH/c1-21(39)32(44)40-22(2)35(45)47-16-15-46-27-11-7-23(8-12-27)30-28(17-37)31(43-13-3-4-14-43)42-34(29(30)18-38)49-20-26-19-48-33(41-26)24-5-9-25(36)10-6-24;/h5-12,19,21-22H,3-4,13-16,20,39H2,1-2H3,(H,40,44);1H. The molecule has 1 fully saturated rings. The molecule has 3 heterocycles. The Morgan fingerprint density at radius 2 is 1.68 bits per heavy atom. The number of aromatic nitrogens is 2. The number of rotatable bonds is 13. The molecule has 0 spiro atoms. The van der Waals surface area contributed by atoms with Gasteiger partial charge in [-0.1, -0.05) is 47.6 Å². The molecule has 0 aliphatic carbocycles. The molecule has 0 radical (unpaired) electrons. The summed E-state index contributed by atoms with van der Waals surface area (Å²) in [4.78, 5) is 35.7. The Morgan fingerprint density at radius 3 is 2.32 bits per heavy atom. The zero-order valence-electron chi connectivity index (χ0n) is 27.3. The predicted octanol–water partition coefficient (Wildman–Crippen LogP) is 6.36. The summed E-state index contributed by atoms with van der Waals surface area (Å²) in [6, 6.07) is 17.7. The second-order valence-electron chi connectivity index (χ2n) is 11.3. The van der Waals surface area contributed by atoms with E-state index in [0.717, 1.165) is 42.2 Å². The van der Waals surface area contributed by atoms with Gasteiger partial charge in [0.1, 0.15) is 58.6 Å². The van der Waals surface area contributed by atoms with Crippen LogP contribution in [0, 0.1) is 22.7 Å². The molecule has 4 aromatic rings. The lowest BCUT2D eigenvalue weighted by Gasteiger charge is -2.22. The lowest BCUT2D eigenvalue weighted by Crippen LogP contribution is -2.46. The number of halogens is 2. The molecule has 2 unspecified atom stereocenters. The number of amides is 1. The van der Waals surface area contributed by atoms with E-state index in [1.165, 1.54) is 36.9 Å². The third-order valence-corrected chi connectivity index (χ3v) is 9.84. The Morgan fingerprint density at radius 1 is 1.02 bits per heavy atom. The molecule has 5 rings (SSSR count). The number of anilines is 1. The number of ether oxygens (including phenoxy) is 2. The number of nitriles is 2. The highest BCUT2D eigenvalue weighted by atomic mass is 35.5. The van der Waals surface area contributed by atoms with Crippen molar-refractivity contribution in [1.82, 2.24) is 15.3 Å². The number of benzene rings is 2. The first-order chi connectivity index (χ1) is 23.7. The van der Waals surface area contributed by atoms with Gasteiger partial charge in [0.25, 0.3) is 0 Å². The van der Waals surface area contributed by atoms with E-state index in [-0.39, 0.29) is 25.6 Å². The molecule has 1 aliphatic rings. The molecule has 50 heavy (non-hydrogen) atoms. The predicted molar refractivity (Wildman–Crippen MR) is 198 cm³/mol.